The van der Waals surface area contributed by atoms with Crippen LogP contribution in [0.3, 0.4) is 0 Å². The highest BCUT2D eigenvalue weighted by molar-refractivity contribution is 7.49. The Kier molecular flexibility index (Phi) is 6.04. The first kappa shape index (κ1) is 20.9. The maximum absolute atomic E-state index is 12.6. The molecule has 5 atom stereocenters. The maximum Gasteiger partial charge on any atom is 0.351 e. The van der Waals surface area contributed by atoms with E-state index in [-0.39, 0.29) is 25.2 Å². The van der Waals surface area contributed by atoms with Gasteiger partial charge in [0.2, 0.25) is 5.91 Å². The molecule has 2 aliphatic heterocycles. The van der Waals surface area contributed by atoms with E-state index >= 15 is 0 Å². The number of hydrogen-bond donors (Lipinski definition) is 1. The van der Waals surface area contributed by atoms with E-state index < -0.39 is 38.0 Å². The fourth-order valence-electron chi connectivity index (χ4n) is 4.04. The Bertz CT molecular complexity index is 829. The van der Waals surface area contributed by atoms with E-state index in [9.17, 15) is 9.59 Å². The number of ether oxygens (including phenoxy) is 2. The van der Waals surface area contributed by atoms with Gasteiger partial charge in [-0.25, -0.2) is 4.79 Å². The number of amides is 1. The molecule has 3 heterocycles. The Morgan fingerprint density at radius 1 is 1.48 bits per heavy atom. The third-order valence-electron chi connectivity index (χ3n) is 5.03. The van der Waals surface area contributed by atoms with Crippen LogP contribution in [-0.4, -0.2) is 63.3 Å². The lowest BCUT2D eigenvalue weighted by Gasteiger charge is -2.37. The Hall–Kier alpha value is -1.38. The van der Waals surface area contributed by atoms with E-state index in [0.29, 0.717) is 12.1 Å². The highest BCUT2D eigenvalue weighted by Gasteiger charge is 2.61. The molecule has 0 spiro atoms. The first-order valence-corrected chi connectivity index (χ1v) is 11.4. The number of aromatic nitrogens is 2. The summed E-state index contributed by atoms with van der Waals surface area (Å²) in [5.74, 6) is -0.130. The van der Waals surface area contributed by atoms with Gasteiger partial charge in [-0.1, -0.05) is 0 Å². The minimum atomic E-state index is -0.956. The number of fused-ring (bicyclic) bond motifs is 2. The first-order chi connectivity index (χ1) is 14.1. The monoisotopic (exact) mass is 427 g/mol. The van der Waals surface area contributed by atoms with Crippen molar-refractivity contribution in [3.8, 4) is 0 Å². The van der Waals surface area contributed by atoms with E-state index in [0.717, 1.165) is 0 Å². The predicted molar refractivity (Wildman–Crippen MR) is 111 cm³/mol. The molecular weight excluding hydrogens is 395 g/mol. The van der Waals surface area contributed by atoms with Crippen LogP contribution < -0.4 is 11.0 Å². The van der Waals surface area contributed by atoms with Gasteiger partial charge in [-0.05, 0) is 47.3 Å². The fourth-order valence-corrected chi connectivity index (χ4v) is 6.09. The van der Waals surface area contributed by atoms with Crippen LogP contribution in [-0.2, 0) is 18.8 Å². The smallest absolute Gasteiger partial charge is 0.351 e. The summed E-state index contributed by atoms with van der Waals surface area (Å²) in [6, 6.07) is 2.14. The van der Waals surface area contributed by atoms with E-state index in [2.05, 4.69) is 49.3 Å². The molecule has 1 aromatic rings. The summed E-state index contributed by atoms with van der Waals surface area (Å²) in [5, 5.41) is 2.49. The van der Waals surface area contributed by atoms with Crippen molar-refractivity contribution in [2.45, 2.75) is 77.6 Å². The molecule has 0 radical (unpaired) electrons. The number of carbonyl (C=O) groups is 1. The minimum absolute atomic E-state index is 0.0383. The zero-order valence-electron chi connectivity index (χ0n) is 18.8. The third-order valence-corrected chi connectivity index (χ3v) is 7.14. The van der Waals surface area contributed by atoms with Gasteiger partial charge in [0.25, 0.3) is 0 Å². The van der Waals surface area contributed by atoms with Crippen LogP contribution in [0.1, 0.15) is 49.1 Å². The topological polar surface area (TPSA) is 94.9 Å². The molecule has 0 saturated carbocycles. The Labute approximate surface area is 174 Å². The zero-order valence-corrected chi connectivity index (χ0v) is 18.7. The number of anilines is 1. The number of nitrogens with one attached hydrogen (secondary N) is 1. The molecule has 9 nitrogen and oxygen atoms in total. The van der Waals surface area contributed by atoms with Crippen LogP contribution in [0.15, 0.2) is 17.1 Å². The van der Waals surface area contributed by atoms with Crippen molar-refractivity contribution < 1.29 is 20.2 Å². The average molecular weight is 427 g/mol. The summed E-state index contributed by atoms with van der Waals surface area (Å²) >= 11 is 0. The second kappa shape index (κ2) is 8.40. The SMILES string of the molecule is [2H]C[C@@]12CO[C@@H](C1OP(C)N(C(C)C)C(C)C)[C@H](n1ccc(NC(C)=O)nc1=O)O2. The third kappa shape index (κ3) is 4.39. The molecule has 0 aliphatic carbocycles. The van der Waals surface area contributed by atoms with Crippen LogP contribution in [0.4, 0.5) is 5.82 Å². The quantitative estimate of drug-likeness (QED) is 0.668. The molecule has 1 N–H and O–H groups in total. The Balaban J connectivity index is 1.85. The molecule has 0 aromatic carbocycles. The van der Waals surface area contributed by atoms with E-state index in [4.69, 9.17) is 15.4 Å². The largest absolute Gasteiger partial charge is 0.368 e. The summed E-state index contributed by atoms with van der Waals surface area (Å²) in [4.78, 5) is 27.7. The molecule has 162 valence electrons. The van der Waals surface area contributed by atoms with Crippen molar-refractivity contribution in [3.05, 3.63) is 22.7 Å². The van der Waals surface area contributed by atoms with Crippen molar-refractivity contribution in [2.75, 3.05) is 18.6 Å². The second-order valence-electron chi connectivity index (χ2n) is 8.09. The number of carbonyl (C=O) groups excluding carboxylic acids is 1. The van der Waals surface area contributed by atoms with Crippen LogP contribution in [0.5, 0.6) is 0 Å². The number of hydrogen-bond acceptors (Lipinski definition) is 7. The lowest BCUT2D eigenvalue weighted by Crippen LogP contribution is -2.40. The first-order valence-electron chi connectivity index (χ1n) is 10.4. The number of nitrogens with zero attached hydrogens (tertiary/aromatic N) is 3. The van der Waals surface area contributed by atoms with Gasteiger partial charge in [0, 0.05) is 26.6 Å². The maximum atomic E-state index is 12.6. The molecule has 29 heavy (non-hydrogen) atoms. The highest BCUT2D eigenvalue weighted by atomic mass is 31.2. The van der Waals surface area contributed by atoms with Crippen molar-refractivity contribution in [3.63, 3.8) is 0 Å². The predicted octanol–water partition coefficient (Wildman–Crippen LogP) is 2.33. The van der Waals surface area contributed by atoms with Crippen molar-refractivity contribution in [1.82, 2.24) is 14.2 Å². The van der Waals surface area contributed by atoms with E-state index in [1.807, 2.05) is 0 Å². The van der Waals surface area contributed by atoms with Crippen molar-refractivity contribution in [2.24, 2.45) is 0 Å². The van der Waals surface area contributed by atoms with Crippen LogP contribution in [0.2, 0.25) is 0 Å². The zero-order chi connectivity index (χ0) is 22.2. The van der Waals surface area contributed by atoms with Crippen LogP contribution in [0.25, 0.3) is 0 Å². The lowest BCUT2D eigenvalue weighted by atomic mass is 10.0. The summed E-state index contributed by atoms with van der Waals surface area (Å²) < 4.78 is 30.3. The molecule has 2 fully saturated rings. The summed E-state index contributed by atoms with van der Waals surface area (Å²) in [6.45, 7) is 12.1. The van der Waals surface area contributed by atoms with E-state index in [1.165, 1.54) is 23.8 Å². The standard InChI is InChI=1S/C19H31N4O5P/c1-11(2)23(12(3)4)29(7)28-16-15-17(27-19(16,6)10-26-15)22-9-8-14(20-13(5)24)21-18(22)25/h8-9,11-12,15-17H,10H2,1-7H3,(H,20,21,24,25)/t15-,16?,17+,19+,29?/m0/s1/i6D. The fraction of sp³-hybridized carbons (Fsp3) is 0.737. The summed E-state index contributed by atoms with van der Waals surface area (Å²) in [5.41, 5.74) is -1.49. The van der Waals surface area contributed by atoms with Gasteiger partial charge in [-0.3, -0.25) is 14.0 Å². The molecule has 2 unspecified atom stereocenters. The Morgan fingerprint density at radius 2 is 2.17 bits per heavy atom. The highest BCUT2D eigenvalue weighted by Crippen LogP contribution is 2.52. The van der Waals surface area contributed by atoms with Gasteiger partial charge >= 0.3 is 5.69 Å². The Morgan fingerprint density at radius 3 is 2.72 bits per heavy atom. The molecule has 2 bridgehead atoms. The molecular formula is C19H31N4O5P. The number of rotatable bonds is 7. The van der Waals surface area contributed by atoms with Crippen LogP contribution in [0, 0.1) is 0 Å². The molecule has 1 amide bonds. The summed E-state index contributed by atoms with van der Waals surface area (Å²) in [6.07, 6.45) is -0.200. The second-order valence-corrected chi connectivity index (χ2v) is 9.69. The van der Waals surface area contributed by atoms with Gasteiger partial charge in [-0.15, -0.1) is 0 Å². The summed E-state index contributed by atoms with van der Waals surface area (Å²) in [7, 11) is -0.956. The average Bonchev–Trinajstić information content (AvgIpc) is 3.13. The van der Waals surface area contributed by atoms with Gasteiger partial charge in [0.1, 0.15) is 31.9 Å². The van der Waals surface area contributed by atoms with Crippen molar-refractivity contribution in [1.29, 1.82) is 0 Å². The van der Waals surface area contributed by atoms with Crippen molar-refractivity contribution >= 4 is 20.0 Å². The van der Waals surface area contributed by atoms with E-state index in [1.54, 1.807) is 0 Å². The lowest BCUT2D eigenvalue weighted by molar-refractivity contribution is -0.167. The normalized spacial score (nSPS) is 30.2. The molecule has 2 saturated heterocycles. The minimum Gasteiger partial charge on any atom is -0.368 e. The van der Waals surface area contributed by atoms with Crippen LogP contribution >= 0.6 is 8.30 Å². The molecule has 1 aromatic heterocycles. The molecule has 3 rings (SSSR count). The van der Waals surface area contributed by atoms with Gasteiger partial charge in [0.05, 0.1) is 6.61 Å². The molecule has 10 heteroatoms. The molecule has 2 aliphatic rings. The van der Waals surface area contributed by atoms with Gasteiger partial charge < -0.3 is 19.3 Å². The van der Waals surface area contributed by atoms with Gasteiger partial charge in [-0.2, -0.15) is 4.98 Å². The van der Waals surface area contributed by atoms with Gasteiger partial charge in [0.15, 0.2) is 6.23 Å².